The topological polar surface area (TPSA) is 9.23 Å². The van der Waals surface area contributed by atoms with Crippen LogP contribution in [0, 0.1) is 11.3 Å². The molecule has 2 atom stereocenters. The lowest BCUT2D eigenvalue weighted by atomic mass is 9.70. The fourth-order valence-electron chi connectivity index (χ4n) is 2.81. The summed E-state index contributed by atoms with van der Waals surface area (Å²) in [6.07, 6.45) is 3.72. The minimum atomic E-state index is 0.234. The van der Waals surface area contributed by atoms with Crippen LogP contribution >= 0.6 is 0 Å². The van der Waals surface area contributed by atoms with Gasteiger partial charge < -0.3 is 4.74 Å². The van der Waals surface area contributed by atoms with Crippen LogP contribution in [0.25, 0.3) is 0 Å². The van der Waals surface area contributed by atoms with Crippen molar-refractivity contribution < 1.29 is 4.74 Å². The van der Waals surface area contributed by atoms with Crippen LogP contribution in [-0.2, 0) is 11.3 Å². The molecule has 0 radical (unpaired) electrons. The number of ether oxygens (including phenoxy) is 1. The molecule has 1 saturated carbocycles. The Kier molecular flexibility index (Phi) is 4.46. The quantitative estimate of drug-likeness (QED) is 0.695. The van der Waals surface area contributed by atoms with Crippen molar-refractivity contribution in [2.24, 2.45) is 11.3 Å². The zero-order valence-electron chi connectivity index (χ0n) is 12.5. The van der Waals surface area contributed by atoms with Crippen LogP contribution in [0.3, 0.4) is 0 Å². The molecule has 1 nitrogen and oxygen atoms in total. The molecule has 0 N–H and O–H groups in total. The molecule has 0 bridgehead atoms. The van der Waals surface area contributed by atoms with Crippen molar-refractivity contribution >= 4 is 0 Å². The third kappa shape index (κ3) is 3.94. The van der Waals surface area contributed by atoms with Crippen molar-refractivity contribution in [1.82, 2.24) is 0 Å². The number of benzene rings is 1. The van der Waals surface area contributed by atoms with E-state index < -0.39 is 0 Å². The summed E-state index contributed by atoms with van der Waals surface area (Å²) < 4.78 is 6.11. The van der Waals surface area contributed by atoms with E-state index in [1.54, 1.807) is 0 Å². The second-order valence-corrected chi connectivity index (χ2v) is 6.78. The van der Waals surface area contributed by atoms with Gasteiger partial charge in [-0.05, 0) is 41.7 Å². The molecule has 19 heavy (non-hydrogen) atoms. The van der Waals surface area contributed by atoms with Gasteiger partial charge in [0, 0.05) is 0 Å². The number of hydrogen-bond donors (Lipinski definition) is 0. The Morgan fingerprint density at radius 1 is 1.21 bits per heavy atom. The molecule has 0 aliphatic heterocycles. The highest BCUT2D eigenvalue weighted by Crippen LogP contribution is 2.40. The Morgan fingerprint density at radius 3 is 2.53 bits per heavy atom. The van der Waals surface area contributed by atoms with Gasteiger partial charge in [0.2, 0.25) is 0 Å². The molecule has 0 aromatic heterocycles. The van der Waals surface area contributed by atoms with Gasteiger partial charge >= 0.3 is 0 Å². The Morgan fingerprint density at radius 2 is 1.89 bits per heavy atom. The van der Waals surface area contributed by atoms with E-state index in [4.69, 9.17) is 4.74 Å². The van der Waals surface area contributed by atoms with Crippen LogP contribution in [0.2, 0.25) is 0 Å². The van der Waals surface area contributed by atoms with Gasteiger partial charge in [0.15, 0.2) is 0 Å². The minimum absolute atomic E-state index is 0.234. The second kappa shape index (κ2) is 5.92. The monoisotopic (exact) mass is 258 g/mol. The number of rotatable bonds is 3. The lowest BCUT2D eigenvalue weighted by Crippen LogP contribution is -2.32. The van der Waals surface area contributed by atoms with Gasteiger partial charge in [-0.25, -0.2) is 0 Å². The highest BCUT2D eigenvalue weighted by atomic mass is 16.5. The van der Waals surface area contributed by atoms with Gasteiger partial charge in [0.25, 0.3) is 0 Å². The number of hydrogen-bond acceptors (Lipinski definition) is 1. The van der Waals surface area contributed by atoms with Crippen LogP contribution in [0.4, 0.5) is 0 Å². The maximum atomic E-state index is 6.11. The minimum Gasteiger partial charge on any atom is -0.369 e. The largest absolute Gasteiger partial charge is 0.369 e. The Balaban J connectivity index is 1.93. The molecule has 0 amide bonds. The first-order valence-corrected chi connectivity index (χ1v) is 7.30. The normalized spacial score (nSPS) is 24.5. The van der Waals surface area contributed by atoms with Gasteiger partial charge in [-0.2, -0.15) is 0 Å². The summed E-state index contributed by atoms with van der Waals surface area (Å²) in [6, 6.07) is 10.4. The highest BCUT2D eigenvalue weighted by Gasteiger charge is 2.32. The van der Waals surface area contributed by atoms with E-state index in [2.05, 4.69) is 51.6 Å². The predicted octanol–water partition coefficient (Wildman–Crippen LogP) is 4.97. The third-order valence-corrected chi connectivity index (χ3v) is 4.29. The molecule has 1 aromatic rings. The van der Waals surface area contributed by atoms with Crippen molar-refractivity contribution in [1.29, 1.82) is 0 Å². The molecule has 2 rings (SSSR count). The van der Waals surface area contributed by atoms with Crippen LogP contribution in [0.5, 0.6) is 0 Å². The van der Waals surface area contributed by atoms with Gasteiger partial charge in [0.05, 0.1) is 12.7 Å². The average molecular weight is 258 g/mol. The van der Waals surface area contributed by atoms with E-state index in [9.17, 15) is 0 Å². The van der Waals surface area contributed by atoms with E-state index in [1.807, 2.05) is 6.07 Å². The molecule has 1 aliphatic rings. The molecule has 0 saturated heterocycles. The van der Waals surface area contributed by atoms with Crippen LogP contribution in [0.15, 0.2) is 42.5 Å². The van der Waals surface area contributed by atoms with Crippen LogP contribution in [0.1, 0.15) is 45.6 Å². The highest BCUT2D eigenvalue weighted by molar-refractivity contribution is 5.14. The SMILES string of the molecule is C=C1CC[C@H](C(C)(C)C)C[C@H]1OCc1ccccc1. The molecule has 0 spiro atoms. The van der Waals surface area contributed by atoms with Crippen molar-refractivity contribution in [3.63, 3.8) is 0 Å². The van der Waals surface area contributed by atoms with E-state index in [-0.39, 0.29) is 6.10 Å². The second-order valence-electron chi connectivity index (χ2n) is 6.78. The summed E-state index contributed by atoms with van der Waals surface area (Å²) in [4.78, 5) is 0. The smallest absolute Gasteiger partial charge is 0.0789 e. The van der Waals surface area contributed by atoms with Crippen molar-refractivity contribution in [2.45, 2.75) is 52.7 Å². The van der Waals surface area contributed by atoms with Gasteiger partial charge in [0.1, 0.15) is 0 Å². The molecular formula is C18H26O. The van der Waals surface area contributed by atoms with Crippen LogP contribution in [-0.4, -0.2) is 6.10 Å². The first-order chi connectivity index (χ1) is 8.97. The summed E-state index contributed by atoms with van der Waals surface area (Å²) in [7, 11) is 0. The summed E-state index contributed by atoms with van der Waals surface area (Å²) in [5, 5.41) is 0. The summed E-state index contributed by atoms with van der Waals surface area (Å²) in [5.74, 6) is 0.735. The Labute approximate surface area is 117 Å². The maximum Gasteiger partial charge on any atom is 0.0789 e. The van der Waals surface area contributed by atoms with E-state index in [0.29, 0.717) is 12.0 Å². The average Bonchev–Trinajstić information content (AvgIpc) is 2.37. The first-order valence-electron chi connectivity index (χ1n) is 7.30. The van der Waals surface area contributed by atoms with Crippen molar-refractivity contribution in [3.8, 4) is 0 Å². The molecule has 0 heterocycles. The zero-order chi connectivity index (χ0) is 13.9. The first kappa shape index (κ1) is 14.3. The molecule has 1 fully saturated rings. The van der Waals surface area contributed by atoms with Gasteiger partial charge in [-0.1, -0.05) is 57.7 Å². The molecule has 104 valence electrons. The fourth-order valence-corrected chi connectivity index (χ4v) is 2.81. The maximum absolute atomic E-state index is 6.11. The van der Waals surface area contributed by atoms with Crippen molar-refractivity contribution in [3.05, 3.63) is 48.0 Å². The molecule has 1 aliphatic carbocycles. The summed E-state index contributed by atoms with van der Waals surface area (Å²) in [6.45, 7) is 11.9. The standard InChI is InChI=1S/C18H26O/c1-14-10-11-16(18(2,3)4)12-17(14)19-13-15-8-6-5-7-9-15/h5-9,16-17H,1,10-13H2,2-4H3/t16-,17+/m0/s1. The predicted molar refractivity (Wildman–Crippen MR) is 81.0 cm³/mol. The Bertz CT molecular complexity index is 413. The van der Waals surface area contributed by atoms with Gasteiger partial charge in [-0.3, -0.25) is 0 Å². The van der Waals surface area contributed by atoms with Crippen LogP contribution < -0.4 is 0 Å². The summed E-state index contributed by atoms with van der Waals surface area (Å²) >= 11 is 0. The molecule has 1 heteroatoms. The lowest BCUT2D eigenvalue weighted by molar-refractivity contribution is 0.0154. The molecular weight excluding hydrogens is 232 g/mol. The molecule has 0 unspecified atom stereocenters. The molecule has 1 aromatic carbocycles. The van der Waals surface area contributed by atoms with Gasteiger partial charge in [-0.15, -0.1) is 0 Å². The van der Waals surface area contributed by atoms with Crippen molar-refractivity contribution in [2.75, 3.05) is 0 Å². The fraction of sp³-hybridized carbons (Fsp3) is 0.556. The lowest BCUT2D eigenvalue weighted by Gasteiger charge is -2.38. The third-order valence-electron chi connectivity index (χ3n) is 4.29. The summed E-state index contributed by atoms with van der Waals surface area (Å²) in [5.41, 5.74) is 2.89. The van der Waals surface area contributed by atoms with E-state index >= 15 is 0 Å². The Hall–Kier alpha value is -1.08. The van der Waals surface area contributed by atoms with E-state index in [1.165, 1.54) is 17.6 Å². The zero-order valence-corrected chi connectivity index (χ0v) is 12.5. The van der Waals surface area contributed by atoms with E-state index in [0.717, 1.165) is 18.8 Å².